The summed E-state index contributed by atoms with van der Waals surface area (Å²) in [6.07, 6.45) is 8.82. The van der Waals surface area contributed by atoms with Gasteiger partial charge in [-0.1, -0.05) is 47.6 Å². The maximum Gasteiger partial charge on any atom is 0.317 e. The fourth-order valence-corrected chi connectivity index (χ4v) is 5.26. The molecule has 0 bridgehead atoms. The number of aliphatic imine (C=N–C) groups is 1. The number of rotatable bonds is 7. The summed E-state index contributed by atoms with van der Waals surface area (Å²) in [5.41, 5.74) is 4.93. The standard InChI is InChI=1S/C32H25FN8O2/c33-24-8-4-7-22-25(18-5-2-1-3-6-18)37-29(30(42)38-26(22)24)39-32-41-40-31(43-32)27-23(13-20(14-34-27)17-9-10-17)21-15-35-28(36-16-21)19-11-12-19/h1-8,13-17,19,29H,9-12H2,(H,38,42)(H,39,41)/t29-/m1/s1. The van der Waals surface area contributed by atoms with Crippen molar-refractivity contribution in [2.45, 2.75) is 43.7 Å². The summed E-state index contributed by atoms with van der Waals surface area (Å²) in [7, 11) is 0. The molecular formula is C32H25FN8O2. The van der Waals surface area contributed by atoms with Gasteiger partial charge < -0.3 is 15.1 Å². The van der Waals surface area contributed by atoms with Gasteiger partial charge in [0.2, 0.25) is 6.17 Å². The Balaban J connectivity index is 1.13. The molecule has 3 aliphatic rings. The maximum absolute atomic E-state index is 14.8. The number of nitrogens with one attached hydrogen (secondary N) is 2. The second-order valence-corrected chi connectivity index (χ2v) is 11.0. The molecule has 212 valence electrons. The lowest BCUT2D eigenvalue weighted by molar-refractivity contribution is -0.116. The number of anilines is 2. The average molecular weight is 573 g/mol. The Morgan fingerprint density at radius 3 is 2.40 bits per heavy atom. The highest BCUT2D eigenvalue weighted by molar-refractivity contribution is 6.19. The number of aromatic nitrogens is 5. The molecule has 1 aliphatic heterocycles. The van der Waals surface area contributed by atoms with Crippen molar-refractivity contribution < 1.29 is 13.6 Å². The number of halogens is 1. The highest BCUT2D eigenvalue weighted by atomic mass is 19.1. The zero-order chi connectivity index (χ0) is 28.9. The first-order valence-electron chi connectivity index (χ1n) is 14.3. The minimum absolute atomic E-state index is 0.0305. The Bertz CT molecular complexity index is 1880. The zero-order valence-electron chi connectivity index (χ0n) is 22.9. The molecule has 2 N–H and O–H groups in total. The van der Waals surface area contributed by atoms with Gasteiger partial charge in [-0.05, 0) is 49.3 Å². The molecular weight excluding hydrogens is 547 g/mol. The summed E-state index contributed by atoms with van der Waals surface area (Å²) in [6.45, 7) is 0. The van der Waals surface area contributed by atoms with Crippen LogP contribution in [-0.2, 0) is 4.79 Å². The van der Waals surface area contributed by atoms with Crippen LogP contribution in [0.3, 0.4) is 0 Å². The highest BCUT2D eigenvalue weighted by Crippen LogP contribution is 2.43. The molecule has 0 spiro atoms. The molecule has 8 rings (SSSR count). The normalized spacial score (nSPS) is 17.9. The van der Waals surface area contributed by atoms with Crippen LogP contribution in [-0.4, -0.2) is 42.9 Å². The summed E-state index contributed by atoms with van der Waals surface area (Å²) in [5, 5.41) is 14.0. The first-order valence-corrected chi connectivity index (χ1v) is 14.3. The van der Waals surface area contributed by atoms with Crippen LogP contribution >= 0.6 is 0 Å². The zero-order valence-corrected chi connectivity index (χ0v) is 22.9. The molecule has 2 saturated carbocycles. The van der Waals surface area contributed by atoms with E-state index in [4.69, 9.17) is 9.40 Å². The van der Waals surface area contributed by atoms with Crippen LogP contribution in [0.1, 0.15) is 60.0 Å². The number of hydrogen-bond acceptors (Lipinski definition) is 9. The number of carbonyl (C=O) groups excluding carboxylic acids is 1. The van der Waals surface area contributed by atoms with E-state index >= 15 is 0 Å². The molecule has 3 aromatic heterocycles. The smallest absolute Gasteiger partial charge is 0.317 e. The van der Waals surface area contributed by atoms with Crippen LogP contribution < -0.4 is 10.6 Å². The molecule has 2 aliphatic carbocycles. The van der Waals surface area contributed by atoms with Gasteiger partial charge in [0.15, 0.2) is 0 Å². The molecule has 2 fully saturated rings. The summed E-state index contributed by atoms with van der Waals surface area (Å²) in [6, 6.07) is 15.9. The Hall–Kier alpha value is -5.32. The van der Waals surface area contributed by atoms with Gasteiger partial charge >= 0.3 is 6.01 Å². The molecule has 0 unspecified atom stereocenters. The Morgan fingerprint density at radius 1 is 0.837 bits per heavy atom. The molecule has 1 atom stereocenters. The summed E-state index contributed by atoms with van der Waals surface area (Å²) < 4.78 is 20.8. The predicted octanol–water partition coefficient (Wildman–Crippen LogP) is 5.71. The van der Waals surface area contributed by atoms with E-state index in [1.54, 1.807) is 12.1 Å². The lowest BCUT2D eigenvalue weighted by Crippen LogP contribution is -2.32. The van der Waals surface area contributed by atoms with Crippen LogP contribution in [0.2, 0.25) is 0 Å². The van der Waals surface area contributed by atoms with Crippen molar-refractivity contribution in [3.05, 3.63) is 102 Å². The van der Waals surface area contributed by atoms with Crippen molar-refractivity contribution in [2.24, 2.45) is 4.99 Å². The predicted molar refractivity (Wildman–Crippen MR) is 157 cm³/mol. The highest BCUT2D eigenvalue weighted by Gasteiger charge is 2.31. The topological polar surface area (TPSA) is 131 Å². The molecule has 2 aromatic carbocycles. The second kappa shape index (κ2) is 10.2. The third kappa shape index (κ3) is 4.92. The number of fused-ring (bicyclic) bond motifs is 1. The second-order valence-electron chi connectivity index (χ2n) is 11.0. The first kappa shape index (κ1) is 25.4. The molecule has 11 heteroatoms. The lowest BCUT2D eigenvalue weighted by Gasteiger charge is -2.11. The van der Waals surface area contributed by atoms with Crippen LogP contribution in [0.5, 0.6) is 0 Å². The third-order valence-electron chi connectivity index (χ3n) is 7.84. The van der Waals surface area contributed by atoms with E-state index in [2.05, 4.69) is 41.9 Å². The van der Waals surface area contributed by atoms with Crippen molar-refractivity contribution >= 4 is 23.3 Å². The van der Waals surface area contributed by atoms with E-state index < -0.39 is 17.9 Å². The van der Waals surface area contributed by atoms with Gasteiger partial charge in [-0.25, -0.2) is 19.4 Å². The fourth-order valence-electron chi connectivity index (χ4n) is 5.26. The molecule has 0 radical (unpaired) electrons. The first-order chi connectivity index (χ1) is 21.1. The number of pyridine rings is 1. The Labute approximate surface area is 245 Å². The number of hydrogen-bond donors (Lipinski definition) is 2. The van der Waals surface area contributed by atoms with Crippen LogP contribution in [0, 0.1) is 5.82 Å². The molecule has 0 saturated heterocycles. The lowest BCUT2D eigenvalue weighted by atomic mass is 10.0. The van der Waals surface area contributed by atoms with Crippen molar-refractivity contribution in [2.75, 3.05) is 10.6 Å². The van der Waals surface area contributed by atoms with Gasteiger partial charge in [0.1, 0.15) is 17.3 Å². The largest absolute Gasteiger partial charge is 0.402 e. The summed E-state index contributed by atoms with van der Waals surface area (Å²) in [4.78, 5) is 31.8. The van der Waals surface area contributed by atoms with Crippen LogP contribution in [0.4, 0.5) is 16.1 Å². The van der Waals surface area contributed by atoms with Crippen molar-refractivity contribution in [1.29, 1.82) is 0 Å². The van der Waals surface area contributed by atoms with E-state index in [1.165, 1.54) is 6.07 Å². The minimum atomic E-state index is -1.18. The Morgan fingerprint density at radius 2 is 1.63 bits per heavy atom. The van der Waals surface area contributed by atoms with E-state index in [1.807, 2.05) is 48.9 Å². The van der Waals surface area contributed by atoms with E-state index in [-0.39, 0.29) is 17.6 Å². The van der Waals surface area contributed by atoms with E-state index in [0.717, 1.165) is 53.8 Å². The van der Waals surface area contributed by atoms with Gasteiger partial charge in [-0.15, -0.1) is 5.10 Å². The van der Waals surface area contributed by atoms with Crippen molar-refractivity contribution in [3.63, 3.8) is 0 Å². The fraction of sp³-hybridized carbons (Fsp3) is 0.219. The molecule has 10 nitrogen and oxygen atoms in total. The monoisotopic (exact) mass is 572 g/mol. The van der Waals surface area contributed by atoms with Gasteiger partial charge in [-0.3, -0.25) is 9.78 Å². The summed E-state index contributed by atoms with van der Waals surface area (Å²) in [5.74, 6) is 0.840. The van der Waals surface area contributed by atoms with Crippen molar-refractivity contribution in [1.82, 2.24) is 25.1 Å². The summed E-state index contributed by atoms with van der Waals surface area (Å²) >= 11 is 0. The average Bonchev–Trinajstić information content (AvgIpc) is 3.98. The number of nitrogens with zero attached hydrogens (tertiary/aromatic N) is 6. The number of carbonyl (C=O) groups is 1. The quantitative estimate of drug-likeness (QED) is 0.254. The molecule has 4 heterocycles. The van der Waals surface area contributed by atoms with Crippen LogP contribution in [0.25, 0.3) is 22.7 Å². The number of amides is 1. The van der Waals surface area contributed by atoms with E-state index in [9.17, 15) is 9.18 Å². The number of benzodiazepines with no additional fused rings is 1. The van der Waals surface area contributed by atoms with Crippen molar-refractivity contribution in [3.8, 4) is 22.7 Å². The van der Waals surface area contributed by atoms with Gasteiger partial charge in [-0.2, -0.15) is 0 Å². The van der Waals surface area contributed by atoms with Crippen LogP contribution in [0.15, 0.2) is 82.6 Å². The van der Waals surface area contributed by atoms with Gasteiger partial charge in [0.05, 0.1) is 11.4 Å². The Kier molecular flexibility index (Phi) is 6.02. The number of para-hydroxylation sites is 1. The SMILES string of the molecule is O=C1Nc2c(F)cccc2C(c2ccccc2)=N[C@@H]1Nc1nnc(-c2ncc(C3CC3)cc2-c2cnc(C3CC3)nc2)o1. The molecule has 5 aromatic rings. The number of benzene rings is 2. The van der Waals surface area contributed by atoms with Gasteiger partial charge in [0, 0.05) is 46.8 Å². The van der Waals surface area contributed by atoms with E-state index in [0.29, 0.717) is 28.8 Å². The van der Waals surface area contributed by atoms with Gasteiger partial charge in [0.25, 0.3) is 11.8 Å². The molecule has 1 amide bonds. The third-order valence-corrected chi connectivity index (χ3v) is 7.84. The minimum Gasteiger partial charge on any atom is -0.402 e. The maximum atomic E-state index is 14.8. The molecule has 43 heavy (non-hydrogen) atoms.